The van der Waals surface area contributed by atoms with Crippen molar-refractivity contribution < 1.29 is 0 Å². The number of para-hydroxylation sites is 2. The number of aromatic nitrogens is 2. The van der Waals surface area contributed by atoms with Gasteiger partial charge in [-0.2, -0.15) is 0 Å². The molecule has 0 fully saturated rings. The molecule has 0 atom stereocenters. The van der Waals surface area contributed by atoms with E-state index in [-0.39, 0.29) is 0 Å². The molecule has 0 aliphatic carbocycles. The van der Waals surface area contributed by atoms with Crippen LogP contribution < -0.4 is 0 Å². The zero-order chi connectivity index (χ0) is 14.5. The van der Waals surface area contributed by atoms with Gasteiger partial charge in [-0.15, -0.1) is 0 Å². The summed E-state index contributed by atoms with van der Waals surface area (Å²) in [6.07, 6.45) is 1.98. The molecule has 4 heteroatoms. The van der Waals surface area contributed by atoms with Crippen LogP contribution in [0, 0.1) is 0 Å². The standard InChI is InChI=1S/C18H10N2S2/c1-3-7-13-11(5-1)9-15-18(20-13)22-17-12-6-2-4-8-14(12)19-10-16(17)21-15/h1-10H. The number of benzene rings is 2. The molecule has 0 unspecified atom stereocenters. The zero-order valence-electron chi connectivity index (χ0n) is 11.5. The van der Waals surface area contributed by atoms with Crippen molar-refractivity contribution in [1.29, 1.82) is 0 Å². The predicted octanol–water partition coefficient (Wildman–Crippen LogP) is 5.40. The van der Waals surface area contributed by atoms with Gasteiger partial charge in [0.05, 0.1) is 11.0 Å². The molecular weight excluding hydrogens is 308 g/mol. The van der Waals surface area contributed by atoms with E-state index in [1.54, 1.807) is 23.5 Å². The fraction of sp³-hybridized carbons (Fsp3) is 0. The van der Waals surface area contributed by atoms with E-state index < -0.39 is 0 Å². The van der Waals surface area contributed by atoms with Crippen molar-refractivity contribution in [1.82, 2.24) is 9.97 Å². The van der Waals surface area contributed by atoms with Gasteiger partial charge in [-0.1, -0.05) is 59.9 Å². The summed E-state index contributed by atoms with van der Waals surface area (Å²) in [6, 6.07) is 18.8. The normalized spacial score (nSPS) is 13.1. The molecular formula is C18H10N2S2. The maximum absolute atomic E-state index is 4.84. The smallest absolute Gasteiger partial charge is 0.116 e. The lowest BCUT2D eigenvalue weighted by atomic mass is 10.2. The van der Waals surface area contributed by atoms with Crippen LogP contribution in [0.3, 0.4) is 0 Å². The second kappa shape index (κ2) is 4.73. The van der Waals surface area contributed by atoms with E-state index in [9.17, 15) is 0 Å². The average molecular weight is 318 g/mol. The first kappa shape index (κ1) is 12.5. The first-order valence-electron chi connectivity index (χ1n) is 7.02. The number of hydrogen-bond donors (Lipinski definition) is 0. The molecule has 4 aromatic rings. The summed E-state index contributed by atoms with van der Waals surface area (Å²) in [5, 5.41) is 3.48. The molecule has 0 saturated heterocycles. The third kappa shape index (κ3) is 1.84. The summed E-state index contributed by atoms with van der Waals surface area (Å²) < 4.78 is 0. The van der Waals surface area contributed by atoms with Crippen molar-refractivity contribution in [3.63, 3.8) is 0 Å². The molecule has 0 radical (unpaired) electrons. The van der Waals surface area contributed by atoms with Gasteiger partial charge in [0.25, 0.3) is 0 Å². The highest BCUT2D eigenvalue weighted by molar-refractivity contribution is 8.05. The Balaban J connectivity index is 1.75. The molecule has 0 saturated carbocycles. The summed E-state index contributed by atoms with van der Waals surface area (Å²) in [7, 11) is 0. The van der Waals surface area contributed by atoms with Crippen LogP contribution in [0.1, 0.15) is 0 Å². The van der Waals surface area contributed by atoms with E-state index >= 15 is 0 Å². The molecule has 0 amide bonds. The lowest BCUT2D eigenvalue weighted by Gasteiger charge is -2.19. The Bertz CT molecular complexity index is 1040. The van der Waals surface area contributed by atoms with E-state index in [0.29, 0.717) is 0 Å². The van der Waals surface area contributed by atoms with Crippen LogP contribution in [0.2, 0.25) is 0 Å². The summed E-state index contributed by atoms with van der Waals surface area (Å²) in [5.74, 6) is 0. The van der Waals surface area contributed by atoms with Gasteiger partial charge in [-0.3, -0.25) is 4.98 Å². The summed E-state index contributed by atoms with van der Waals surface area (Å²) in [5.41, 5.74) is 2.09. The molecule has 3 heterocycles. The summed E-state index contributed by atoms with van der Waals surface area (Å²) in [4.78, 5) is 13.1. The zero-order valence-corrected chi connectivity index (χ0v) is 13.1. The fourth-order valence-corrected chi connectivity index (χ4v) is 5.01. The molecule has 2 nitrogen and oxygen atoms in total. The Morgan fingerprint density at radius 1 is 0.773 bits per heavy atom. The predicted molar refractivity (Wildman–Crippen MR) is 91.7 cm³/mol. The highest BCUT2D eigenvalue weighted by Gasteiger charge is 2.21. The van der Waals surface area contributed by atoms with Crippen LogP contribution >= 0.6 is 23.5 Å². The van der Waals surface area contributed by atoms with Gasteiger partial charge < -0.3 is 0 Å². The number of nitrogens with zero attached hydrogens (tertiary/aromatic N) is 2. The van der Waals surface area contributed by atoms with Gasteiger partial charge in [-0.25, -0.2) is 4.98 Å². The van der Waals surface area contributed by atoms with Crippen molar-refractivity contribution in [2.75, 3.05) is 0 Å². The van der Waals surface area contributed by atoms with Crippen LogP contribution in [0.5, 0.6) is 0 Å². The number of pyridine rings is 2. The second-order valence-electron chi connectivity index (χ2n) is 5.16. The molecule has 0 bridgehead atoms. The fourth-order valence-electron chi connectivity index (χ4n) is 2.72. The van der Waals surface area contributed by atoms with Crippen LogP contribution in [0.25, 0.3) is 21.8 Å². The van der Waals surface area contributed by atoms with Gasteiger partial charge in [0.15, 0.2) is 0 Å². The van der Waals surface area contributed by atoms with Crippen molar-refractivity contribution in [2.45, 2.75) is 19.7 Å². The largest absolute Gasteiger partial charge is 0.255 e. The third-order valence-corrected chi connectivity index (χ3v) is 6.24. The van der Waals surface area contributed by atoms with E-state index in [2.05, 4.69) is 47.4 Å². The van der Waals surface area contributed by atoms with Crippen molar-refractivity contribution in [2.24, 2.45) is 0 Å². The van der Waals surface area contributed by atoms with E-state index in [0.717, 1.165) is 16.1 Å². The highest BCUT2D eigenvalue weighted by Crippen LogP contribution is 2.50. The first-order chi connectivity index (χ1) is 10.9. The summed E-state index contributed by atoms with van der Waals surface area (Å²) >= 11 is 3.52. The lowest BCUT2D eigenvalue weighted by Crippen LogP contribution is -1.95. The van der Waals surface area contributed by atoms with Crippen molar-refractivity contribution in [3.8, 4) is 0 Å². The average Bonchev–Trinajstić information content (AvgIpc) is 2.58. The molecule has 1 aliphatic heterocycles. The molecule has 104 valence electrons. The first-order valence-corrected chi connectivity index (χ1v) is 8.65. The molecule has 0 spiro atoms. The highest BCUT2D eigenvalue weighted by atomic mass is 32.2. The maximum Gasteiger partial charge on any atom is 0.116 e. The van der Waals surface area contributed by atoms with Gasteiger partial charge in [0.1, 0.15) is 5.03 Å². The topological polar surface area (TPSA) is 25.8 Å². The monoisotopic (exact) mass is 318 g/mol. The number of fused-ring (bicyclic) bond motifs is 5. The minimum absolute atomic E-state index is 1.04. The minimum Gasteiger partial charge on any atom is -0.255 e. The van der Waals surface area contributed by atoms with Crippen LogP contribution in [0.15, 0.2) is 80.5 Å². The minimum atomic E-state index is 1.04. The van der Waals surface area contributed by atoms with E-state index in [4.69, 9.17) is 4.98 Å². The van der Waals surface area contributed by atoms with Crippen LogP contribution in [0.4, 0.5) is 0 Å². The Morgan fingerprint density at radius 3 is 2.55 bits per heavy atom. The lowest BCUT2D eigenvalue weighted by molar-refractivity contribution is 1.05. The molecule has 2 aromatic carbocycles. The number of rotatable bonds is 0. The molecule has 2 aromatic heterocycles. The second-order valence-corrected chi connectivity index (χ2v) is 7.24. The van der Waals surface area contributed by atoms with Crippen molar-refractivity contribution >= 4 is 45.3 Å². The molecule has 5 rings (SSSR count). The third-order valence-electron chi connectivity index (χ3n) is 3.77. The Hall–Kier alpha value is -2.04. The Morgan fingerprint density at radius 2 is 1.59 bits per heavy atom. The summed E-state index contributed by atoms with van der Waals surface area (Å²) in [6.45, 7) is 0. The molecule has 1 aliphatic rings. The Labute approximate surface area is 136 Å². The van der Waals surface area contributed by atoms with Gasteiger partial charge in [0.2, 0.25) is 0 Å². The van der Waals surface area contributed by atoms with Gasteiger partial charge in [0, 0.05) is 31.7 Å². The molecule has 0 N–H and O–H groups in total. The van der Waals surface area contributed by atoms with E-state index in [1.165, 1.54) is 25.5 Å². The van der Waals surface area contributed by atoms with Gasteiger partial charge >= 0.3 is 0 Å². The van der Waals surface area contributed by atoms with Crippen molar-refractivity contribution in [3.05, 3.63) is 60.8 Å². The number of hydrogen-bond acceptors (Lipinski definition) is 4. The maximum atomic E-state index is 4.84. The van der Waals surface area contributed by atoms with Crippen LogP contribution in [-0.2, 0) is 0 Å². The SMILES string of the molecule is c1ccc2nc3c(cc2c1)Sc1cnc2ccccc2c1S3. The van der Waals surface area contributed by atoms with Gasteiger partial charge in [-0.05, 0) is 18.2 Å². The Kier molecular flexibility index (Phi) is 2.69. The quantitative estimate of drug-likeness (QED) is 0.382. The molecule has 22 heavy (non-hydrogen) atoms. The van der Waals surface area contributed by atoms with E-state index in [1.807, 2.05) is 18.3 Å². The van der Waals surface area contributed by atoms with Crippen LogP contribution in [-0.4, -0.2) is 9.97 Å².